The molecule has 1 fully saturated rings. The number of aryl methyl sites for hydroxylation is 1. The third kappa shape index (κ3) is 4.59. The Bertz CT molecular complexity index is 742. The van der Waals surface area contributed by atoms with Crippen LogP contribution < -0.4 is 9.64 Å². The molecule has 2 aromatic carbocycles. The number of rotatable bonds is 4. The van der Waals surface area contributed by atoms with E-state index in [1.165, 1.54) is 0 Å². The summed E-state index contributed by atoms with van der Waals surface area (Å²) in [4.78, 5) is 16.4. The van der Waals surface area contributed by atoms with Gasteiger partial charge in [-0.1, -0.05) is 29.3 Å². The summed E-state index contributed by atoms with van der Waals surface area (Å²) in [5, 5.41) is 1.42. The second kappa shape index (κ2) is 7.98. The number of carbonyl (C=O) groups is 1. The van der Waals surface area contributed by atoms with Gasteiger partial charge in [-0.25, -0.2) is 0 Å². The van der Waals surface area contributed by atoms with Crippen LogP contribution in [0, 0.1) is 6.92 Å². The normalized spacial score (nSPS) is 14.5. The van der Waals surface area contributed by atoms with Crippen molar-refractivity contribution in [1.82, 2.24) is 4.90 Å². The molecule has 3 rings (SSSR count). The van der Waals surface area contributed by atoms with Crippen LogP contribution in [0.1, 0.15) is 5.56 Å². The quantitative estimate of drug-likeness (QED) is 0.804. The molecule has 132 valence electrons. The minimum Gasteiger partial charge on any atom is -0.484 e. The van der Waals surface area contributed by atoms with E-state index in [2.05, 4.69) is 11.0 Å². The Labute approximate surface area is 157 Å². The molecule has 0 N–H and O–H groups in total. The zero-order chi connectivity index (χ0) is 17.8. The van der Waals surface area contributed by atoms with Gasteiger partial charge in [0.05, 0.1) is 0 Å². The van der Waals surface area contributed by atoms with Crippen LogP contribution in [0.3, 0.4) is 0 Å². The highest BCUT2D eigenvalue weighted by atomic mass is 35.5. The molecule has 1 aliphatic rings. The fourth-order valence-electron chi connectivity index (χ4n) is 2.76. The first-order valence-corrected chi connectivity index (χ1v) is 8.96. The zero-order valence-electron chi connectivity index (χ0n) is 14.0. The summed E-state index contributed by atoms with van der Waals surface area (Å²) in [5.41, 5.74) is 2.17. The van der Waals surface area contributed by atoms with Gasteiger partial charge in [0, 0.05) is 41.9 Å². The molecule has 0 atom stereocenters. The number of piperazine rings is 1. The molecular weight excluding hydrogens is 359 g/mol. The van der Waals surface area contributed by atoms with E-state index in [1.54, 1.807) is 24.3 Å². The number of hydrogen-bond acceptors (Lipinski definition) is 3. The molecule has 0 aromatic heterocycles. The lowest BCUT2D eigenvalue weighted by Crippen LogP contribution is -2.50. The van der Waals surface area contributed by atoms with Crippen molar-refractivity contribution < 1.29 is 9.53 Å². The molecule has 1 heterocycles. The second-order valence-electron chi connectivity index (χ2n) is 6.04. The van der Waals surface area contributed by atoms with Crippen LogP contribution in [0.15, 0.2) is 42.5 Å². The van der Waals surface area contributed by atoms with Gasteiger partial charge in [0.2, 0.25) is 0 Å². The van der Waals surface area contributed by atoms with Crippen molar-refractivity contribution in [1.29, 1.82) is 0 Å². The predicted octanol–water partition coefficient (Wildman–Crippen LogP) is 4.03. The molecule has 4 nitrogen and oxygen atoms in total. The van der Waals surface area contributed by atoms with E-state index in [0.717, 1.165) is 29.4 Å². The number of carbonyl (C=O) groups excluding carboxylic acids is 1. The molecule has 0 radical (unpaired) electrons. The lowest BCUT2D eigenvalue weighted by atomic mass is 10.2. The van der Waals surface area contributed by atoms with E-state index in [-0.39, 0.29) is 12.5 Å². The summed E-state index contributed by atoms with van der Waals surface area (Å²) in [6.07, 6.45) is 0. The summed E-state index contributed by atoms with van der Waals surface area (Å²) < 4.78 is 5.54. The average Bonchev–Trinajstić information content (AvgIpc) is 2.63. The molecule has 2 aromatic rings. The van der Waals surface area contributed by atoms with Crippen molar-refractivity contribution in [2.24, 2.45) is 0 Å². The molecule has 0 saturated carbocycles. The highest BCUT2D eigenvalue weighted by Crippen LogP contribution is 2.24. The SMILES string of the molecule is Cc1ccc(N2CCN(C(=O)COc3ccc(Cl)cc3)CC2)cc1Cl. The van der Waals surface area contributed by atoms with Gasteiger partial charge < -0.3 is 14.5 Å². The van der Waals surface area contributed by atoms with Crippen LogP contribution in [0.4, 0.5) is 5.69 Å². The van der Waals surface area contributed by atoms with E-state index in [1.807, 2.05) is 24.0 Å². The molecular formula is C19H20Cl2N2O2. The van der Waals surface area contributed by atoms with Crippen molar-refractivity contribution >= 4 is 34.8 Å². The standard InChI is InChI=1S/C19H20Cl2N2O2/c1-14-2-5-16(12-18(14)21)22-8-10-23(11-9-22)19(24)13-25-17-6-3-15(20)4-7-17/h2-7,12H,8-11,13H2,1H3. The lowest BCUT2D eigenvalue weighted by Gasteiger charge is -2.36. The van der Waals surface area contributed by atoms with Crippen molar-refractivity contribution in [2.45, 2.75) is 6.92 Å². The Hall–Kier alpha value is -1.91. The Kier molecular flexibility index (Phi) is 5.71. The van der Waals surface area contributed by atoms with Gasteiger partial charge >= 0.3 is 0 Å². The van der Waals surface area contributed by atoms with Crippen LogP contribution in [0.5, 0.6) is 5.75 Å². The van der Waals surface area contributed by atoms with Gasteiger partial charge in [-0.2, -0.15) is 0 Å². The number of halogens is 2. The second-order valence-corrected chi connectivity index (χ2v) is 6.89. The van der Waals surface area contributed by atoms with E-state index < -0.39 is 0 Å². The van der Waals surface area contributed by atoms with E-state index in [0.29, 0.717) is 23.9 Å². The van der Waals surface area contributed by atoms with Gasteiger partial charge in [0.15, 0.2) is 6.61 Å². The van der Waals surface area contributed by atoms with Gasteiger partial charge in [-0.15, -0.1) is 0 Å². The third-order valence-corrected chi connectivity index (χ3v) is 4.99. The predicted molar refractivity (Wildman–Crippen MR) is 102 cm³/mol. The minimum absolute atomic E-state index is 0.00321. The Morgan fingerprint density at radius 1 is 1.04 bits per heavy atom. The fourth-order valence-corrected chi connectivity index (χ4v) is 3.06. The molecule has 1 aliphatic heterocycles. The largest absolute Gasteiger partial charge is 0.484 e. The lowest BCUT2D eigenvalue weighted by molar-refractivity contribution is -0.133. The molecule has 0 spiro atoms. The molecule has 0 unspecified atom stereocenters. The fraction of sp³-hybridized carbons (Fsp3) is 0.316. The Morgan fingerprint density at radius 2 is 1.72 bits per heavy atom. The van der Waals surface area contributed by atoms with Gasteiger partial charge in [-0.05, 0) is 48.9 Å². The van der Waals surface area contributed by atoms with Crippen LogP contribution in [-0.2, 0) is 4.79 Å². The highest BCUT2D eigenvalue weighted by Gasteiger charge is 2.21. The maximum Gasteiger partial charge on any atom is 0.260 e. The number of amides is 1. The number of nitrogens with zero attached hydrogens (tertiary/aromatic N) is 2. The number of benzene rings is 2. The van der Waals surface area contributed by atoms with Gasteiger partial charge in [0.25, 0.3) is 5.91 Å². The summed E-state index contributed by atoms with van der Waals surface area (Å²) in [6, 6.07) is 13.1. The number of hydrogen-bond donors (Lipinski definition) is 0. The molecule has 6 heteroatoms. The number of ether oxygens (including phenoxy) is 1. The average molecular weight is 379 g/mol. The molecule has 1 saturated heterocycles. The van der Waals surface area contributed by atoms with Crippen LogP contribution in [-0.4, -0.2) is 43.6 Å². The van der Waals surface area contributed by atoms with Crippen molar-refractivity contribution in [3.8, 4) is 5.75 Å². The molecule has 0 aliphatic carbocycles. The monoisotopic (exact) mass is 378 g/mol. The van der Waals surface area contributed by atoms with Crippen LogP contribution in [0.2, 0.25) is 10.0 Å². The van der Waals surface area contributed by atoms with Crippen LogP contribution in [0.25, 0.3) is 0 Å². The smallest absolute Gasteiger partial charge is 0.260 e. The summed E-state index contributed by atoms with van der Waals surface area (Å²) in [6.45, 7) is 4.95. The summed E-state index contributed by atoms with van der Waals surface area (Å²) in [7, 11) is 0. The first kappa shape index (κ1) is 17.9. The van der Waals surface area contributed by atoms with Crippen molar-refractivity contribution in [2.75, 3.05) is 37.7 Å². The minimum atomic E-state index is -0.00321. The Morgan fingerprint density at radius 3 is 2.36 bits per heavy atom. The summed E-state index contributed by atoms with van der Waals surface area (Å²) >= 11 is 12.0. The maximum atomic E-state index is 12.3. The molecule has 1 amide bonds. The highest BCUT2D eigenvalue weighted by molar-refractivity contribution is 6.31. The van der Waals surface area contributed by atoms with E-state index >= 15 is 0 Å². The van der Waals surface area contributed by atoms with E-state index in [4.69, 9.17) is 27.9 Å². The van der Waals surface area contributed by atoms with Gasteiger partial charge in [0.1, 0.15) is 5.75 Å². The summed E-state index contributed by atoms with van der Waals surface area (Å²) in [5.74, 6) is 0.641. The number of anilines is 1. The first-order valence-electron chi connectivity index (χ1n) is 8.20. The van der Waals surface area contributed by atoms with Crippen molar-refractivity contribution in [3.05, 3.63) is 58.1 Å². The first-order chi connectivity index (χ1) is 12.0. The topological polar surface area (TPSA) is 32.8 Å². The van der Waals surface area contributed by atoms with Crippen LogP contribution >= 0.6 is 23.2 Å². The van der Waals surface area contributed by atoms with Gasteiger partial charge in [-0.3, -0.25) is 4.79 Å². The van der Waals surface area contributed by atoms with Crippen molar-refractivity contribution in [3.63, 3.8) is 0 Å². The Balaban J connectivity index is 1.50. The molecule has 25 heavy (non-hydrogen) atoms. The maximum absolute atomic E-state index is 12.3. The molecule has 0 bridgehead atoms. The third-order valence-electron chi connectivity index (χ3n) is 4.33. The van der Waals surface area contributed by atoms with E-state index in [9.17, 15) is 4.79 Å². The zero-order valence-corrected chi connectivity index (χ0v) is 15.6.